The molecule has 30 heavy (non-hydrogen) atoms. The van der Waals surface area contributed by atoms with E-state index in [1.807, 2.05) is 24.3 Å². The Kier molecular flexibility index (Phi) is 7.45. The van der Waals surface area contributed by atoms with Crippen molar-refractivity contribution >= 4 is 17.7 Å². The first-order valence-electron chi connectivity index (χ1n) is 9.85. The van der Waals surface area contributed by atoms with Crippen molar-refractivity contribution in [1.29, 1.82) is 0 Å². The van der Waals surface area contributed by atoms with Crippen LogP contribution in [0.3, 0.4) is 0 Å². The molecule has 0 radical (unpaired) electrons. The van der Waals surface area contributed by atoms with Gasteiger partial charge in [-0.1, -0.05) is 19.1 Å². The maximum absolute atomic E-state index is 12.6. The summed E-state index contributed by atoms with van der Waals surface area (Å²) in [4.78, 5) is 24.6. The molecule has 0 aliphatic heterocycles. The molecule has 0 heterocycles. The van der Waals surface area contributed by atoms with E-state index in [9.17, 15) is 14.7 Å². The predicted molar refractivity (Wildman–Crippen MR) is 116 cm³/mol. The van der Waals surface area contributed by atoms with Gasteiger partial charge < -0.3 is 25.2 Å². The number of benzene rings is 2. The van der Waals surface area contributed by atoms with E-state index >= 15 is 0 Å². The second-order valence-electron chi connectivity index (χ2n) is 8.20. The Labute approximate surface area is 177 Å². The Morgan fingerprint density at radius 1 is 0.933 bits per heavy atom. The van der Waals surface area contributed by atoms with E-state index in [0.29, 0.717) is 11.4 Å². The second kappa shape index (κ2) is 9.63. The predicted octanol–water partition coefficient (Wildman–Crippen LogP) is 4.26. The highest BCUT2D eigenvalue weighted by Gasteiger charge is 2.36. The van der Waals surface area contributed by atoms with Crippen LogP contribution in [0.5, 0.6) is 11.5 Å². The van der Waals surface area contributed by atoms with Gasteiger partial charge in [0.25, 0.3) is 5.91 Å². The zero-order chi connectivity index (χ0) is 22.4. The third-order valence-electron chi connectivity index (χ3n) is 4.27. The molecule has 0 bridgehead atoms. The molecule has 0 unspecified atom stereocenters. The van der Waals surface area contributed by atoms with Crippen LogP contribution in [0.15, 0.2) is 48.5 Å². The van der Waals surface area contributed by atoms with Gasteiger partial charge in [-0.15, -0.1) is 0 Å². The molecule has 0 aliphatic rings. The quantitative estimate of drug-likeness (QED) is 0.629. The smallest absolute Gasteiger partial charge is 0.408 e. The van der Waals surface area contributed by atoms with E-state index in [1.54, 1.807) is 45.0 Å². The number of hydrogen-bond donors (Lipinski definition) is 3. The minimum absolute atomic E-state index is 0.499. The molecule has 0 saturated heterocycles. The van der Waals surface area contributed by atoms with Crippen LogP contribution in [-0.4, -0.2) is 34.9 Å². The summed E-state index contributed by atoms with van der Waals surface area (Å²) < 4.78 is 11.0. The van der Waals surface area contributed by atoms with E-state index in [0.717, 1.165) is 12.2 Å². The summed E-state index contributed by atoms with van der Waals surface area (Å²) >= 11 is 0. The van der Waals surface area contributed by atoms with E-state index in [-0.39, 0.29) is 0 Å². The molecular formula is C23H30N2O5. The fraction of sp³-hybridized carbons (Fsp3) is 0.391. The molecule has 2 aromatic rings. The largest absolute Gasteiger partial charge is 0.457 e. The Bertz CT molecular complexity index is 857. The molecule has 162 valence electrons. The zero-order valence-corrected chi connectivity index (χ0v) is 18.1. The molecule has 2 amide bonds. The fourth-order valence-electron chi connectivity index (χ4n) is 2.50. The number of ether oxygens (including phenoxy) is 2. The van der Waals surface area contributed by atoms with Crippen LogP contribution in [-0.2, 0) is 16.0 Å². The van der Waals surface area contributed by atoms with Crippen LogP contribution in [0.1, 0.15) is 40.2 Å². The van der Waals surface area contributed by atoms with E-state index in [1.165, 1.54) is 12.5 Å². The molecule has 2 rings (SSSR count). The van der Waals surface area contributed by atoms with Gasteiger partial charge >= 0.3 is 6.09 Å². The monoisotopic (exact) mass is 414 g/mol. The van der Waals surface area contributed by atoms with Gasteiger partial charge in [0.05, 0.1) is 6.61 Å². The van der Waals surface area contributed by atoms with Gasteiger partial charge in [0.1, 0.15) is 22.6 Å². The molecule has 3 N–H and O–H groups in total. The van der Waals surface area contributed by atoms with Crippen LogP contribution in [0, 0.1) is 0 Å². The molecule has 2 aromatic carbocycles. The number of alkyl carbamates (subject to hydrolysis) is 1. The molecule has 0 aliphatic carbocycles. The van der Waals surface area contributed by atoms with Crippen molar-refractivity contribution in [1.82, 2.24) is 5.32 Å². The van der Waals surface area contributed by atoms with Gasteiger partial charge in [-0.05, 0) is 76.1 Å². The van der Waals surface area contributed by atoms with Gasteiger partial charge in [-0.2, -0.15) is 0 Å². The van der Waals surface area contributed by atoms with E-state index in [4.69, 9.17) is 9.47 Å². The first kappa shape index (κ1) is 23.2. The molecule has 0 fully saturated rings. The van der Waals surface area contributed by atoms with Crippen molar-refractivity contribution < 1.29 is 24.2 Å². The van der Waals surface area contributed by atoms with Crippen molar-refractivity contribution in [2.45, 2.75) is 52.2 Å². The number of aliphatic hydroxyl groups excluding tert-OH is 1. The summed E-state index contributed by atoms with van der Waals surface area (Å²) in [7, 11) is 0. The first-order chi connectivity index (χ1) is 14.0. The average Bonchev–Trinajstić information content (AvgIpc) is 2.68. The summed E-state index contributed by atoms with van der Waals surface area (Å²) in [5.41, 5.74) is -0.533. The lowest BCUT2D eigenvalue weighted by Crippen LogP contribution is -2.58. The molecule has 0 spiro atoms. The number of carbonyl (C=O) groups excluding carboxylic acids is 2. The van der Waals surface area contributed by atoms with Gasteiger partial charge in [-0.3, -0.25) is 4.79 Å². The van der Waals surface area contributed by atoms with Crippen molar-refractivity contribution in [3.8, 4) is 11.5 Å². The SMILES string of the molecule is CCc1ccc(Oc2ccc(NC(=O)[C@](C)(CO)NC(=O)OC(C)(C)C)cc2)cc1. The Morgan fingerprint density at radius 3 is 1.93 bits per heavy atom. The lowest BCUT2D eigenvalue weighted by molar-refractivity contribution is -0.123. The van der Waals surface area contributed by atoms with E-state index in [2.05, 4.69) is 17.6 Å². The topological polar surface area (TPSA) is 96.9 Å². The summed E-state index contributed by atoms with van der Waals surface area (Å²) in [5, 5.41) is 14.8. The Morgan fingerprint density at radius 2 is 1.47 bits per heavy atom. The number of aryl methyl sites for hydroxylation is 1. The van der Waals surface area contributed by atoms with Crippen LogP contribution >= 0.6 is 0 Å². The van der Waals surface area contributed by atoms with Crippen LogP contribution in [0.2, 0.25) is 0 Å². The average molecular weight is 415 g/mol. The first-order valence-corrected chi connectivity index (χ1v) is 9.85. The summed E-state index contributed by atoms with van der Waals surface area (Å²) in [6.07, 6.45) is 0.177. The van der Waals surface area contributed by atoms with Crippen LogP contribution < -0.4 is 15.4 Å². The third-order valence-corrected chi connectivity index (χ3v) is 4.27. The number of aliphatic hydroxyl groups is 1. The van der Waals surface area contributed by atoms with Gasteiger partial charge in [0.2, 0.25) is 0 Å². The second-order valence-corrected chi connectivity index (χ2v) is 8.20. The number of anilines is 1. The normalized spacial score (nSPS) is 13.1. The summed E-state index contributed by atoms with van der Waals surface area (Å²) in [6.45, 7) is 8.06. The number of hydrogen-bond acceptors (Lipinski definition) is 5. The lowest BCUT2D eigenvalue weighted by atomic mass is 10.0. The molecule has 7 heteroatoms. The number of carbonyl (C=O) groups is 2. The Balaban J connectivity index is 2.00. The molecular weight excluding hydrogens is 384 g/mol. The highest BCUT2D eigenvalue weighted by atomic mass is 16.6. The third kappa shape index (κ3) is 6.77. The number of amides is 2. The van der Waals surface area contributed by atoms with Gasteiger partial charge in [0, 0.05) is 5.69 Å². The maximum atomic E-state index is 12.6. The van der Waals surface area contributed by atoms with Crippen molar-refractivity contribution in [3.05, 3.63) is 54.1 Å². The van der Waals surface area contributed by atoms with Crippen molar-refractivity contribution in [3.63, 3.8) is 0 Å². The molecule has 0 saturated carbocycles. The van der Waals surface area contributed by atoms with Gasteiger partial charge in [0.15, 0.2) is 0 Å². The molecule has 1 atom stereocenters. The summed E-state index contributed by atoms with van der Waals surface area (Å²) in [5.74, 6) is 0.770. The lowest BCUT2D eigenvalue weighted by Gasteiger charge is -2.29. The molecule has 7 nitrogen and oxygen atoms in total. The maximum Gasteiger partial charge on any atom is 0.408 e. The van der Waals surface area contributed by atoms with Crippen LogP contribution in [0.4, 0.5) is 10.5 Å². The standard InChI is InChI=1S/C23H30N2O5/c1-6-16-7-11-18(12-8-16)29-19-13-9-17(10-14-19)24-20(27)23(5,15-26)25-21(28)30-22(2,3)4/h7-14,26H,6,15H2,1-5H3,(H,24,27)(H,25,28)/t23-/m0/s1. The summed E-state index contributed by atoms with van der Waals surface area (Å²) in [6, 6.07) is 14.6. The van der Waals surface area contributed by atoms with Crippen molar-refractivity contribution in [2.75, 3.05) is 11.9 Å². The van der Waals surface area contributed by atoms with Gasteiger partial charge in [-0.25, -0.2) is 4.79 Å². The fourth-order valence-corrected chi connectivity index (χ4v) is 2.50. The van der Waals surface area contributed by atoms with Crippen LogP contribution in [0.25, 0.3) is 0 Å². The Hall–Kier alpha value is -3.06. The molecule has 0 aromatic heterocycles. The highest BCUT2D eigenvalue weighted by molar-refractivity contribution is 5.99. The number of rotatable bonds is 7. The minimum atomic E-state index is -1.54. The number of nitrogens with one attached hydrogen (secondary N) is 2. The van der Waals surface area contributed by atoms with E-state index < -0.39 is 29.7 Å². The zero-order valence-electron chi connectivity index (χ0n) is 18.1. The highest BCUT2D eigenvalue weighted by Crippen LogP contribution is 2.24. The van der Waals surface area contributed by atoms with Crippen molar-refractivity contribution in [2.24, 2.45) is 0 Å². The minimum Gasteiger partial charge on any atom is -0.457 e.